The molecule has 132 valence electrons. The summed E-state index contributed by atoms with van der Waals surface area (Å²) in [5.74, 6) is 0.915. The maximum absolute atomic E-state index is 4.69. The van der Waals surface area contributed by atoms with Gasteiger partial charge in [0.05, 0.1) is 10.7 Å². The van der Waals surface area contributed by atoms with Crippen LogP contribution in [0, 0.1) is 6.92 Å². The fourth-order valence-electron chi connectivity index (χ4n) is 2.52. The van der Waals surface area contributed by atoms with Gasteiger partial charge in [0.25, 0.3) is 0 Å². The SMILES string of the molecule is CCc1nc(CCNC(=NC)N(C)Cc2ccccc2)sc1C.I. The van der Waals surface area contributed by atoms with Crippen molar-refractivity contribution < 1.29 is 0 Å². The summed E-state index contributed by atoms with van der Waals surface area (Å²) in [4.78, 5) is 12.5. The van der Waals surface area contributed by atoms with Gasteiger partial charge in [0.15, 0.2) is 5.96 Å². The highest BCUT2D eigenvalue weighted by Gasteiger charge is 2.08. The van der Waals surface area contributed by atoms with E-state index in [2.05, 4.69) is 65.4 Å². The molecular formula is C18H27IN4S. The molecule has 2 aromatic rings. The molecule has 1 N–H and O–H groups in total. The zero-order valence-corrected chi connectivity index (χ0v) is 18.0. The number of nitrogens with one attached hydrogen (secondary N) is 1. The van der Waals surface area contributed by atoms with E-state index in [0.717, 1.165) is 31.9 Å². The number of aryl methyl sites for hydroxylation is 2. The van der Waals surface area contributed by atoms with Crippen LogP contribution in [0.15, 0.2) is 35.3 Å². The van der Waals surface area contributed by atoms with Gasteiger partial charge >= 0.3 is 0 Å². The molecular weight excluding hydrogens is 431 g/mol. The van der Waals surface area contributed by atoms with Crippen LogP contribution in [0.5, 0.6) is 0 Å². The molecule has 6 heteroatoms. The van der Waals surface area contributed by atoms with E-state index >= 15 is 0 Å². The number of hydrogen-bond donors (Lipinski definition) is 1. The summed E-state index contributed by atoms with van der Waals surface area (Å²) in [5, 5.41) is 4.63. The maximum atomic E-state index is 4.69. The first kappa shape index (κ1) is 20.9. The fraction of sp³-hybridized carbons (Fsp3) is 0.444. The van der Waals surface area contributed by atoms with E-state index in [0.29, 0.717) is 0 Å². The van der Waals surface area contributed by atoms with E-state index in [1.54, 1.807) is 11.3 Å². The van der Waals surface area contributed by atoms with Crippen LogP contribution < -0.4 is 5.32 Å². The number of halogens is 1. The molecule has 0 radical (unpaired) electrons. The summed E-state index contributed by atoms with van der Waals surface area (Å²) in [5.41, 5.74) is 2.51. The number of aromatic nitrogens is 1. The minimum absolute atomic E-state index is 0. The summed E-state index contributed by atoms with van der Waals surface area (Å²) in [7, 11) is 3.89. The lowest BCUT2D eigenvalue weighted by Crippen LogP contribution is -2.39. The molecule has 24 heavy (non-hydrogen) atoms. The normalized spacial score (nSPS) is 11.1. The smallest absolute Gasteiger partial charge is 0.193 e. The molecule has 0 aliphatic rings. The van der Waals surface area contributed by atoms with Gasteiger partial charge in [-0.2, -0.15) is 0 Å². The average molecular weight is 458 g/mol. The van der Waals surface area contributed by atoms with Crippen LogP contribution >= 0.6 is 35.3 Å². The van der Waals surface area contributed by atoms with Gasteiger partial charge in [-0.15, -0.1) is 35.3 Å². The van der Waals surface area contributed by atoms with Gasteiger partial charge in [-0.1, -0.05) is 37.3 Å². The topological polar surface area (TPSA) is 40.5 Å². The lowest BCUT2D eigenvalue weighted by atomic mass is 10.2. The van der Waals surface area contributed by atoms with Crippen molar-refractivity contribution in [2.75, 3.05) is 20.6 Å². The van der Waals surface area contributed by atoms with Gasteiger partial charge in [0.1, 0.15) is 0 Å². The van der Waals surface area contributed by atoms with E-state index in [1.165, 1.54) is 21.1 Å². The first-order valence-electron chi connectivity index (χ1n) is 8.05. The van der Waals surface area contributed by atoms with Crippen LogP contribution in [0.4, 0.5) is 0 Å². The standard InChI is InChI=1S/C18H26N4S.HI/c1-5-16-14(2)23-17(21-16)11-12-20-18(19-3)22(4)13-15-9-7-6-8-10-15;/h6-10H,5,11-13H2,1-4H3,(H,19,20);1H. The van der Waals surface area contributed by atoms with Crippen molar-refractivity contribution in [1.82, 2.24) is 15.2 Å². The molecule has 1 aromatic carbocycles. The summed E-state index contributed by atoms with van der Waals surface area (Å²) >= 11 is 1.80. The number of nitrogens with zero attached hydrogens (tertiary/aromatic N) is 3. The van der Waals surface area contributed by atoms with Crippen LogP contribution in [-0.2, 0) is 19.4 Å². The fourth-order valence-corrected chi connectivity index (χ4v) is 3.54. The minimum atomic E-state index is 0. The first-order chi connectivity index (χ1) is 11.1. The van der Waals surface area contributed by atoms with Crippen LogP contribution in [0.3, 0.4) is 0 Å². The van der Waals surface area contributed by atoms with E-state index < -0.39 is 0 Å². The first-order valence-corrected chi connectivity index (χ1v) is 8.86. The Balaban J connectivity index is 0.00000288. The molecule has 0 fully saturated rings. The largest absolute Gasteiger partial charge is 0.356 e. The third kappa shape index (κ3) is 6.05. The zero-order chi connectivity index (χ0) is 16.7. The molecule has 1 aromatic heterocycles. The van der Waals surface area contributed by atoms with Crippen molar-refractivity contribution in [3.05, 3.63) is 51.5 Å². The van der Waals surface area contributed by atoms with Gasteiger partial charge in [-0.25, -0.2) is 4.98 Å². The molecule has 0 amide bonds. The molecule has 0 saturated heterocycles. The van der Waals surface area contributed by atoms with Crippen molar-refractivity contribution >= 4 is 41.3 Å². The Bertz CT molecular complexity index is 640. The van der Waals surface area contributed by atoms with Crippen LogP contribution in [0.2, 0.25) is 0 Å². The molecule has 2 rings (SSSR count). The maximum Gasteiger partial charge on any atom is 0.193 e. The van der Waals surface area contributed by atoms with Gasteiger partial charge in [0, 0.05) is 38.5 Å². The summed E-state index contributed by atoms with van der Waals surface area (Å²) in [6, 6.07) is 10.4. The molecule has 0 bridgehead atoms. The second-order valence-corrected chi connectivity index (χ2v) is 6.82. The number of thiazole rings is 1. The Morgan fingerprint density at radius 3 is 2.58 bits per heavy atom. The Morgan fingerprint density at radius 2 is 2.00 bits per heavy atom. The summed E-state index contributed by atoms with van der Waals surface area (Å²) in [6.07, 6.45) is 1.95. The van der Waals surface area contributed by atoms with E-state index in [-0.39, 0.29) is 24.0 Å². The molecule has 0 aliphatic carbocycles. The quantitative estimate of drug-likeness (QED) is 0.406. The van der Waals surface area contributed by atoms with Crippen molar-refractivity contribution in [3.63, 3.8) is 0 Å². The number of hydrogen-bond acceptors (Lipinski definition) is 3. The second-order valence-electron chi connectivity index (χ2n) is 5.53. The Hall–Kier alpha value is -1.15. The number of guanidine groups is 1. The predicted octanol–water partition coefficient (Wildman–Crippen LogP) is 3.88. The molecule has 0 atom stereocenters. The van der Waals surface area contributed by atoms with Crippen molar-refractivity contribution in [1.29, 1.82) is 0 Å². The van der Waals surface area contributed by atoms with Crippen LogP contribution in [0.1, 0.15) is 28.1 Å². The zero-order valence-electron chi connectivity index (χ0n) is 14.9. The molecule has 0 saturated carbocycles. The molecule has 0 spiro atoms. The lowest BCUT2D eigenvalue weighted by molar-refractivity contribution is 0.477. The number of aliphatic imine (C=N–C) groups is 1. The molecule has 0 aliphatic heterocycles. The van der Waals surface area contributed by atoms with Gasteiger partial charge in [-0.05, 0) is 18.9 Å². The Morgan fingerprint density at radius 1 is 1.29 bits per heavy atom. The minimum Gasteiger partial charge on any atom is -0.356 e. The molecule has 1 heterocycles. The van der Waals surface area contributed by atoms with Gasteiger partial charge in [0.2, 0.25) is 0 Å². The highest BCUT2D eigenvalue weighted by Crippen LogP contribution is 2.18. The average Bonchev–Trinajstić information content (AvgIpc) is 2.92. The van der Waals surface area contributed by atoms with Crippen LogP contribution in [0.25, 0.3) is 0 Å². The van der Waals surface area contributed by atoms with Crippen molar-refractivity contribution in [3.8, 4) is 0 Å². The highest BCUT2D eigenvalue weighted by atomic mass is 127. The van der Waals surface area contributed by atoms with Gasteiger partial charge < -0.3 is 10.2 Å². The Labute approximate surface area is 166 Å². The number of benzene rings is 1. The van der Waals surface area contributed by atoms with Crippen molar-refractivity contribution in [2.45, 2.75) is 33.2 Å². The number of rotatable bonds is 6. The van der Waals surface area contributed by atoms with Crippen molar-refractivity contribution in [2.24, 2.45) is 4.99 Å². The Kier molecular flexibility index (Phi) is 9.28. The third-order valence-corrected chi connectivity index (χ3v) is 4.80. The highest BCUT2D eigenvalue weighted by molar-refractivity contribution is 14.0. The van der Waals surface area contributed by atoms with E-state index in [1.807, 2.05) is 13.1 Å². The molecule has 0 unspecified atom stereocenters. The summed E-state index contributed by atoms with van der Waals surface area (Å²) in [6.45, 7) is 6.00. The van der Waals surface area contributed by atoms with E-state index in [9.17, 15) is 0 Å². The van der Waals surface area contributed by atoms with E-state index in [4.69, 9.17) is 0 Å². The second kappa shape index (κ2) is 10.7. The molecule has 4 nitrogen and oxygen atoms in total. The monoisotopic (exact) mass is 458 g/mol. The van der Waals surface area contributed by atoms with Crippen LogP contribution in [-0.4, -0.2) is 36.5 Å². The third-order valence-electron chi connectivity index (χ3n) is 3.73. The summed E-state index contributed by atoms with van der Waals surface area (Å²) < 4.78 is 0. The lowest BCUT2D eigenvalue weighted by Gasteiger charge is -2.22. The predicted molar refractivity (Wildman–Crippen MR) is 115 cm³/mol. The van der Waals surface area contributed by atoms with Gasteiger partial charge in [-0.3, -0.25) is 4.99 Å².